The van der Waals surface area contributed by atoms with Crippen LogP contribution in [0.5, 0.6) is 11.5 Å². The summed E-state index contributed by atoms with van der Waals surface area (Å²) < 4.78 is 12.7. The number of rotatable bonds is 9. The first-order valence-electron chi connectivity index (χ1n) is 12.6. The van der Waals surface area contributed by atoms with Crippen LogP contribution in [-0.2, 0) is 17.6 Å². The monoisotopic (exact) mass is 500 g/mol. The molecule has 1 N–H and O–H groups in total. The van der Waals surface area contributed by atoms with E-state index in [9.17, 15) is 4.79 Å². The van der Waals surface area contributed by atoms with Crippen LogP contribution in [-0.4, -0.2) is 41.4 Å². The fourth-order valence-electron chi connectivity index (χ4n) is 4.85. The third-order valence-electron chi connectivity index (χ3n) is 7.12. The lowest BCUT2D eigenvalue weighted by atomic mass is 9.99. The highest BCUT2D eigenvalue weighted by molar-refractivity contribution is 5.85. The molecule has 1 amide bonds. The Labute approximate surface area is 218 Å². The average molecular weight is 501 g/mol. The number of amides is 1. The number of carbonyl (C=O) groups excluding carboxylic acids is 1. The van der Waals surface area contributed by atoms with Crippen molar-refractivity contribution in [2.24, 2.45) is 0 Å². The molecule has 0 aliphatic heterocycles. The van der Waals surface area contributed by atoms with Gasteiger partial charge in [0.25, 0.3) is 0 Å². The van der Waals surface area contributed by atoms with Crippen LogP contribution in [0, 0.1) is 34.6 Å². The van der Waals surface area contributed by atoms with Crippen molar-refractivity contribution >= 4 is 16.9 Å². The van der Waals surface area contributed by atoms with Crippen molar-refractivity contribution in [2.75, 3.05) is 20.8 Å². The summed E-state index contributed by atoms with van der Waals surface area (Å²) in [5, 5.41) is 8.92. The minimum Gasteiger partial charge on any atom is -0.497 e. The maximum atomic E-state index is 12.7. The molecule has 2 heterocycles. The lowest BCUT2D eigenvalue weighted by molar-refractivity contribution is -0.121. The van der Waals surface area contributed by atoms with E-state index in [-0.39, 0.29) is 5.91 Å². The van der Waals surface area contributed by atoms with Gasteiger partial charge in [-0.2, -0.15) is 5.10 Å². The molecule has 194 valence electrons. The number of ether oxygens (including phenoxy) is 2. The highest BCUT2D eigenvalue weighted by Crippen LogP contribution is 2.29. The number of hydrogen-bond acceptors (Lipinski definition) is 5. The maximum Gasteiger partial charge on any atom is 0.220 e. The van der Waals surface area contributed by atoms with Gasteiger partial charge in [0.15, 0.2) is 5.65 Å². The number of fused-ring (bicyclic) bond motifs is 1. The molecular weight excluding hydrogens is 464 g/mol. The van der Waals surface area contributed by atoms with Crippen molar-refractivity contribution in [3.05, 3.63) is 75.6 Å². The molecule has 0 bridgehead atoms. The second-order valence-electron chi connectivity index (χ2n) is 9.54. The van der Waals surface area contributed by atoms with E-state index in [1.54, 1.807) is 14.2 Å². The van der Waals surface area contributed by atoms with E-state index in [1.165, 1.54) is 11.1 Å². The summed E-state index contributed by atoms with van der Waals surface area (Å²) in [7, 11) is 3.28. The Bertz CT molecular complexity index is 1460. The van der Waals surface area contributed by atoms with Crippen molar-refractivity contribution < 1.29 is 14.3 Å². The number of carbonyl (C=O) groups is 1. The van der Waals surface area contributed by atoms with Crippen molar-refractivity contribution in [1.29, 1.82) is 0 Å². The summed E-state index contributed by atoms with van der Waals surface area (Å²) in [5.41, 5.74) is 9.47. The molecule has 0 unspecified atom stereocenters. The van der Waals surface area contributed by atoms with E-state index in [0.717, 1.165) is 56.3 Å². The van der Waals surface area contributed by atoms with Gasteiger partial charge in [0, 0.05) is 24.0 Å². The molecule has 2 aromatic heterocycles. The van der Waals surface area contributed by atoms with Crippen molar-refractivity contribution in [1.82, 2.24) is 20.1 Å². The predicted octanol–water partition coefficient (Wildman–Crippen LogP) is 5.27. The molecule has 0 radical (unpaired) electrons. The SMILES string of the molecule is COc1ccc(OC)c(CCNC(=O)CCc2c(C)nc3c(c(C)nn3-c3ccc(C)c(C)c3)c2C)c1. The Morgan fingerprint density at radius 3 is 2.41 bits per heavy atom. The predicted molar refractivity (Wildman–Crippen MR) is 147 cm³/mol. The number of aromatic nitrogens is 3. The minimum absolute atomic E-state index is 0.0170. The van der Waals surface area contributed by atoms with Gasteiger partial charge in [0.1, 0.15) is 11.5 Å². The van der Waals surface area contributed by atoms with E-state index < -0.39 is 0 Å². The van der Waals surface area contributed by atoms with Gasteiger partial charge in [-0.25, -0.2) is 9.67 Å². The van der Waals surface area contributed by atoms with Crippen LogP contribution in [0.3, 0.4) is 0 Å². The number of methoxy groups -OCH3 is 2. The zero-order valence-corrected chi connectivity index (χ0v) is 22.9. The highest BCUT2D eigenvalue weighted by Gasteiger charge is 2.18. The standard InChI is InChI=1S/C30H36N4O3/c1-18-8-9-24(16-19(18)2)34-30-29(22(5)33-34)20(3)26(21(4)32-30)11-13-28(35)31-15-14-23-17-25(36-6)10-12-27(23)37-7/h8-10,12,16-17H,11,13-15H2,1-7H3,(H,31,35). The summed E-state index contributed by atoms with van der Waals surface area (Å²) in [5.74, 6) is 1.58. The Balaban J connectivity index is 1.46. The third kappa shape index (κ3) is 5.45. The molecule has 4 aromatic rings. The van der Waals surface area contributed by atoms with Gasteiger partial charge in [-0.1, -0.05) is 6.07 Å². The molecule has 2 aromatic carbocycles. The summed E-state index contributed by atoms with van der Waals surface area (Å²) in [4.78, 5) is 17.6. The quantitative estimate of drug-likeness (QED) is 0.339. The average Bonchev–Trinajstić information content (AvgIpc) is 3.21. The van der Waals surface area contributed by atoms with E-state index >= 15 is 0 Å². The molecule has 7 nitrogen and oxygen atoms in total. The molecule has 0 aliphatic rings. The zero-order chi connectivity index (χ0) is 26.7. The van der Waals surface area contributed by atoms with Gasteiger partial charge in [0.2, 0.25) is 5.91 Å². The zero-order valence-electron chi connectivity index (χ0n) is 22.9. The Morgan fingerprint density at radius 2 is 1.70 bits per heavy atom. The van der Waals surface area contributed by atoms with Gasteiger partial charge in [-0.3, -0.25) is 4.79 Å². The first kappa shape index (κ1) is 26.2. The highest BCUT2D eigenvalue weighted by atomic mass is 16.5. The van der Waals surface area contributed by atoms with Crippen LogP contribution in [0.4, 0.5) is 0 Å². The first-order chi connectivity index (χ1) is 17.7. The molecule has 0 saturated carbocycles. The molecule has 37 heavy (non-hydrogen) atoms. The lowest BCUT2D eigenvalue weighted by Gasteiger charge is -2.13. The van der Waals surface area contributed by atoms with Crippen LogP contribution in [0.2, 0.25) is 0 Å². The third-order valence-corrected chi connectivity index (χ3v) is 7.12. The van der Waals surface area contributed by atoms with Crippen molar-refractivity contribution in [3.63, 3.8) is 0 Å². The van der Waals surface area contributed by atoms with E-state index in [0.29, 0.717) is 25.8 Å². The first-order valence-corrected chi connectivity index (χ1v) is 12.6. The molecule has 4 rings (SSSR count). The van der Waals surface area contributed by atoms with Crippen LogP contribution in [0.25, 0.3) is 16.7 Å². The van der Waals surface area contributed by atoms with Crippen LogP contribution in [0.15, 0.2) is 36.4 Å². The van der Waals surface area contributed by atoms with E-state index in [4.69, 9.17) is 19.6 Å². The smallest absolute Gasteiger partial charge is 0.220 e. The van der Waals surface area contributed by atoms with E-state index in [2.05, 4.69) is 44.3 Å². The Hall–Kier alpha value is -3.87. The van der Waals surface area contributed by atoms with Crippen molar-refractivity contribution in [3.8, 4) is 17.2 Å². The fourth-order valence-corrected chi connectivity index (χ4v) is 4.85. The van der Waals surface area contributed by atoms with Crippen LogP contribution < -0.4 is 14.8 Å². The second kappa shape index (κ2) is 11.0. The van der Waals surface area contributed by atoms with Crippen molar-refractivity contribution in [2.45, 2.75) is 53.9 Å². The summed E-state index contributed by atoms with van der Waals surface area (Å²) in [6.07, 6.45) is 1.69. The summed E-state index contributed by atoms with van der Waals surface area (Å²) in [6, 6.07) is 12.0. The maximum absolute atomic E-state index is 12.7. The second-order valence-corrected chi connectivity index (χ2v) is 9.54. The molecule has 0 atom stereocenters. The lowest BCUT2D eigenvalue weighted by Crippen LogP contribution is -2.26. The molecule has 0 fully saturated rings. The molecule has 0 aliphatic carbocycles. The van der Waals surface area contributed by atoms with Crippen LogP contribution >= 0.6 is 0 Å². The molecule has 0 saturated heterocycles. The fraction of sp³-hybridized carbons (Fsp3) is 0.367. The van der Waals surface area contributed by atoms with Gasteiger partial charge in [-0.05, 0) is 106 Å². The number of hydrogen-bond donors (Lipinski definition) is 1. The van der Waals surface area contributed by atoms with Gasteiger partial charge < -0.3 is 14.8 Å². The Kier molecular flexibility index (Phi) is 7.81. The normalized spacial score (nSPS) is 11.1. The number of pyridine rings is 1. The number of benzene rings is 2. The van der Waals surface area contributed by atoms with Gasteiger partial charge in [-0.15, -0.1) is 0 Å². The Morgan fingerprint density at radius 1 is 0.919 bits per heavy atom. The summed E-state index contributed by atoms with van der Waals surface area (Å²) in [6.45, 7) is 10.9. The molecule has 0 spiro atoms. The number of nitrogens with zero attached hydrogens (tertiary/aromatic N) is 3. The topological polar surface area (TPSA) is 78.3 Å². The van der Waals surface area contributed by atoms with Gasteiger partial charge >= 0.3 is 0 Å². The van der Waals surface area contributed by atoms with Gasteiger partial charge in [0.05, 0.1) is 25.6 Å². The van der Waals surface area contributed by atoms with E-state index in [1.807, 2.05) is 36.7 Å². The minimum atomic E-state index is 0.0170. The number of nitrogens with one attached hydrogen (secondary N) is 1. The largest absolute Gasteiger partial charge is 0.497 e. The van der Waals surface area contributed by atoms with Crippen LogP contribution in [0.1, 0.15) is 45.6 Å². The molecular formula is C30H36N4O3. The molecule has 7 heteroatoms. The number of aryl methyl sites for hydroxylation is 5. The summed E-state index contributed by atoms with van der Waals surface area (Å²) >= 11 is 0.